The van der Waals surface area contributed by atoms with Crippen molar-refractivity contribution in [2.75, 3.05) is 17.1 Å². The molecule has 1 N–H and O–H groups in total. The van der Waals surface area contributed by atoms with Crippen LogP contribution in [0, 0.1) is 13.8 Å². The molecule has 7 nitrogen and oxygen atoms in total. The molecule has 2 amide bonds. The van der Waals surface area contributed by atoms with Gasteiger partial charge in [0.2, 0.25) is 21.8 Å². The smallest absolute Gasteiger partial charge is 0.243 e. The molecular weight excluding hydrogens is 474 g/mol. The molecule has 0 spiro atoms. The van der Waals surface area contributed by atoms with Gasteiger partial charge in [-0.25, -0.2) is 8.42 Å². The lowest BCUT2D eigenvalue weighted by molar-refractivity contribution is -0.142. The molecule has 0 saturated heterocycles. The van der Waals surface area contributed by atoms with Crippen LogP contribution in [-0.2, 0) is 26.2 Å². The molecule has 0 aromatic heterocycles. The average molecular weight is 516 g/mol. The number of sulfonamides is 1. The van der Waals surface area contributed by atoms with Crippen LogP contribution in [-0.4, -0.2) is 49.5 Å². The Balaban J connectivity index is 2.25. The van der Waals surface area contributed by atoms with E-state index in [0.29, 0.717) is 25.1 Å². The van der Waals surface area contributed by atoms with Crippen molar-refractivity contribution in [3.63, 3.8) is 0 Å². The van der Waals surface area contributed by atoms with Crippen molar-refractivity contribution in [2.24, 2.45) is 0 Å². The van der Waals surface area contributed by atoms with Crippen molar-refractivity contribution >= 4 is 27.5 Å². The molecule has 0 aliphatic heterocycles. The Morgan fingerprint density at radius 1 is 1.03 bits per heavy atom. The Hall–Kier alpha value is -2.87. The number of aryl methyl sites for hydroxylation is 2. The first-order chi connectivity index (χ1) is 16.7. The molecule has 0 saturated carbocycles. The van der Waals surface area contributed by atoms with Crippen molar-refractivity contribution < 1.29 is 18.0 Å². The monoisotopic (exact) mass is 515 g/mol. The van der Waals surface area contributed by atoms with Crippen LogP contribution in [0.3, 0.4) is 0 Å². The highest BCUT2D eigenvalue weighted by atomic mass is 32.2. The van der Waals surface area contributed by atoms with Crippen LogP contribution < -0.4 is 9.62 Å². The van der Waals surface area contributed by atoms with Crippen LogP contribution in [0.25, 0.3) is 0 Å². The number of amides is 2. The fourth-order valence-corrected chi connectivity index (χ4v) is 5.09. The minimum atomic E-state index is -3.52. The van der Waals surface area contributed by atoms with Crippen LogP contribution in [0.1, 0.15) is 63.6 Å². The maximum Gasteiger partial charge on any atom is 0.243 e. The summed E-state index contributed by atoms with van der Waals surface area (Å²) in [7, 11) is -3.52. The maximum atomic E-state index is 13.5. The second-order valence-electron chi connectivity index (χ2n) is 10.4. The highest BCUT2D eigenvalue weighted by molar-refractivity contribution is 7.92. The van der Waals surface area contributed by atoms with Crippen LogP contribution >= 0.6 is 0 Å². The standard InChI is InChI=1S/C28H41N3O4S/c1-8-25(27(33)29-28(4,5)6)30(20-23-15-10-9-14-22(23)3)26(32)17-12-18-31(36(7,34)35)24-16-11-13-21(2)19-24/h9-11,13-16,19,25H,8,12,17-18,20H2,1-7H3,(H,29,33). The average Bonchev–Trinajstić information content (AvgIpc) is 2.75. The molecule has 0 fully saturated rings. The van der Waals surface area contributed by atoms with Gasteiger partial charge in [0.15, 0.2) is 0 Å². The second-order valence-corrected chi connectivity index (χ2v) is 12.3. The van der Waals surface area contributed by atoms with E-state index in [2.05, 4.69) is 5.32 Å². The zero-order chi connectivity index (χ0) is 27.1. The van der Waals surface area contributed by atoms with Gasteiger partial charge in [-0.05, 0) is 76.3 Å². The number of benzene rings is 2. The van der Waals surface area contributed by atoms with E-state index in [-0.39, 0.29) is 24.8 Å². The number of nitrogens with one attached hydrogen (secondary N) is 1. The van der Waals surface area contributed by atoms with Gasteiger partial charge in [0, 0.05) is 25.0 Å². The predicted molar refractivity (Wildman–Crippen MR) is 146 cm³/mol. The van der Waals surface area contributed by atoms with Crippen molar-refractivity contribution in [1.29, 1.82) is 0 Å². The Kier molecular flexibility index (Phi) is 10.1. The SMILES string of the molecule is CCC(C(=O)NC(C)(C)C)N(Cc1ccccc1C)C(=O)CCCN(c1cccc(C)c1)S(C)(=O)=O. The van der Waals surface area contributed by atoms with Gasteiger partial charge in [-0.1, -0.05) is 43.3 Å². The molecule has 2 aromatic carbocycles. The van der Waals surface area contributed by atoms with Crippen LogP contribution in [0.4, 0.5) is 5.69 Å². The van der Waals surface area contributed by atoms with Gasteiger partial charge in [-0.2, -0.15) is 0 Å². The Bertz CT molecular complexity index is 1160. The summed E-state index contributed by atoms with van der Waals surface area (Å²) in [5, 5.41) is 3.01. The van der Waals surface area contributed by atoms with E-state index in [1.165, 1.54) is 10.6 Å². The van der Waals surface area contributed by atoms with Crippen LogP contribution in [0.5, 0.6) is 0 Å². The summed E-state index contributed by atoms with van der Waals surface area (Å²) in [5.41, 5.74) is 3.13. The molecule has 0 aliphatic carbocycles. The molecule has 1 unspecified atom stereocenters. The molecule has 1 atom stereocenters. The van der Waals surface area contributed by atoms with E-state index in [9.17, 15) is 18.0 Å². The van der Waals surface area contributed by atoms with Gasteiger partial charge in [0.05, 0.1) is 11.9 Å². The number of carbonyl (C=O) groups excluding carboxylic acids is 2. The van der Waals surface area contributed by atoms with Gasteiger partial charge in [-0.15, -0.1) is 0 Å². The molecule has 0 bridgehead atoms. The van der Waals surface area contributed by atoms with E-state index in [0.717, 1.165) is 16.7 Å². The number of carbonyl (C=O) groups is 2. The number of hydrogen-bond donors (Lipinski definition) is 1. The molecule has 2 rings (SSSR count). The normalized spacial score (nSPS) is 12.6. The third kappa shape index (κ3) is 8.66. The number of rotatable bonds is 11. The minimum Gasteiger partial charge on any atom is -0.350 e. The summed E-state index contributed by atoms with van der Waals surface area (Å²) >= 11 is 0. The fourth-order valence-electron chi connectivity index (χ4n) is 4.13. The summed E-state index contributed by atoms with van der Waals surface area (Å²) in [6.45, 7) is 12.0. The molecule has 0 radical (unpaired) electrons. The summed E-state index contributed by atoms with van der Waals surface area (Å²) in [6.07, 6.45) is 2.11. The Labute approximate surface area is 216 Å². The quantitative estimate of drug-likeness (QED) is 0.475. The van der Waals surface area contributed by atoms with Gasteiger partial charge in [-0.3, -0.25) is 13.9 Å². The summed E-state index contributed by atoms with van der Waals surface area (Å²) in [5.74, 6) is -0.365. The van der Waals surface area contributed by atoms with Gasteiger partial charge in [0.1, 0.15) is 6.04 Å². The molecule has 8 heteroatoms. The second kappa shape index (κ2) is 12.4. The Morgan fingerprint density at radius 2 is 1.69 bits per heavy atom. The number of hydrogen-bond acceptors (Lipinski definition) is 4. The zero-order valence-corrected chi connectivity index (χ0v) is 23.5. The van der Waals surface area contributed by atoms with Gasteiger partial charge < -0.3 is 10.2 Å². The van der Waals surface area contributed by atoms with E-state index in [1.807, 2.05) is 84.0 Å². The van der Waals surface area contributed by atoms with E-state index >= 15 is 0 Å². The largest absolute Gasteiger partial charge is 0.350 e. The third-order valence-corrected chi connectivity index (χ3v) is 7.12. The summed E-state index contributed by atoms with van der Waals surface area (Å²) in [4.78, 5) is 28.3. The van der Waals surface area contributed by atoms with Gasteiger partial charge >= 0.3 is 0 Å². The van der Waals surface area contributed by atoms with E-state index in [4.69, 9.17) is 0 Å². The first kappa shape index (κ1) is 29.4. The van der Waals surface area contributed by atoms with Crippen LogP contribution in [0.15, 0.2) is 48.5 Å². The van der Waals surface area contributed by atoms with Crippen molar-refractivity contribution in [1.82, 2.24) is 10.2 Å². The predicted octanol–water partition coefficient (Wildman–Crippen LogP) is 4.57. The molecule has 198 valence electrons. The van der Waals surface area contributed by atoms with Crippen molar-refractivity contribution in [3.05, 3.63) is 65.2 Å². The van der Waals surface area contributed by atoms with Crippen molar-refractivity contribution in [3.8, 4) is 0 Å². The number of nitrogens with zero attached hydrogens (tertiary/aromatic N) is 2. The lowest BCUT2D eigenvalue weighted by Gasteiger charge is -2.33. The maximum absolute atomic E-state index is 13.5. The number of anilines is 1. The zero-order valence-electron chi connectivity index (χ0n) is 22.7. The highest BCUT2D eigenvalue weighted by Crippen LogP contribution is 2.21. The molecular formula is C28H41N3O4S. The molecule has 2 aromatic rings. The third-order valence-electron chi connectivity index (χ3n) is 5.93. The highest BCUT2D eigenvalue weighted by Gasteiger charge is 2.31. The summed E-state index contributed by atoms with van der Waals surface area (Å²) in [6, 6.07) is 14.5. The molecule has 0 heterocycles. The minimum absolute atomic E-state index is 0.128. The molecule has 36 heavy (non-hydrogen) atoms. The fraction of sp³-hybridized carbons (Fsp3) is 0.500. The first-order valence-corrected chi connectivity index (χ1v) is 14.3. The Morgan fingerprint density at radius 3 is 2.25 bits per heavy atom. The van der Waals surface area contributed by atoms with E-state index in [1.54, 1.807) is 11.0 Å². The van der Waals surface area contributed by atoms with Gasteiger partial charge in [0.25, 0.3) is 0 Å². The van der Waals surface area contributed by atoms with Crippen molar-refractivity contribution in [2.45, 2.75) is 78.9 Å². The summed E-state index contributed by atoms with van der Waals surface area (Å²) < 4.78 is 26.3. The lowest BCUT2D eigenvalue weighted by Crippen LogP contribution is -2.53. The molecule has 0 aliphatic rings. The lowest BCUT2D eigenvalue weighted by atomic mass is 10.0. The topological polar surface area (TPSA) is 86.8 Å². The van der Waals surface area contributed by atoms with E-state index < -0.39 is 21.6 Å². The first-order valence-electron chi connectivity index (χ1n) is 12.4. The van der Waals surface area contributed by atoms with Crippen LogP contribution in [0.2, 0.25) is 0 Å².